The highest BCUT2D eigenvalue weighted by molar-refractivity contribution is 7.12. The number of hydrogen-bond donors (Lipinski definition) is 1. The van der Waals surface area contributed by atoms with Crippen LogP contribution in [-0.2, 0) is 6.61 Å². The van der Waals surface area contributed by atoms with E-state index in [1.54, 1.807) is 24.4 Å². The Labute approximate surface area is 132 Å². The van der Waals surface area contributed by atoms with Crippen LogP contribution >= 0.6 is 11.3 Å². The van der Waals surface area contributed by atoms with Gasteiger partial charge in [-0.25, -0.2) is 4.98 Å². The van der Waals surface area contributed by atoms with Crippen molar-refractivity contribution in [3.63, 3.8) is 0 Å². The van der Waals surface area contributed by atoms with Gasteiger partial charge in [0.1, 0.15) is 6.61 Å². The van der Waals surface area contributed by atoms with E-state index in [1.165, 1.54) is 11.3 Å². The minimum atomic E-state index is -0.182. The predicted molar refractivity (Wildman–Crippen MR) is 87.3 cm³/mol. The van der Waals surface area contributed by atoms with Gasteiger partial charge in [-0.2, -0.15) is 0 Å². The minimum absolute atomic E-state index is 0.182. The third-order valence-corrected chi connectivity index (χ3v) is 3.85. The molecule has 1 aromatic carbocycles. The van der Waals surface area contributed by atoms with Gasteiger partial charge in [-0.3, -0.25) is 4.79 Å². The molecule has 2 heterocycles. The Hall–Kier alpha value is -2.66. The van der Waals surface area contributed by atoms with Crippen LogP contribution in [0, 0.1) is 0 Å². The first-order chi connectivity index (χ1) is 10.8. The standard InChI is InChI=1S/C17H14N2O2S/c20-17(15-9-5-11-22-15)19-16-14(8-4-10-18-16)21-12-13-6-2-1-3-7-13/h1-11H,12H2,(H,18,19,20). The van der Waals surface area contributed by atoms with Crippen molar-refractivity contribution in [2.75, 3.05) is 5.32 Å². The molecule has 0 aliphatic carbocycles. The van der Waals surface area contributed by atoms with Crippen molar-refractivity contribution in [2.45, 2.75) is 6.61 Å². The van der Waals surface area contributed by atoms with Crippen molar-refractivity contribution in [2.24, 2.45) is 0 Å². The monoisotopic (exact) mass is 310 g/mol. The number of nitrogens with zero attached hydrogens (tertiary/aromatic N) is 1. The maximum atomic E-state index is 12.1. The smallest absolute Gasteiger partial charge is 0.266 e. The molecule has 3 aromatic rings. The van der Waals surface area contributed by atoms with Gasteiger partial charge >= 0.3 is 0 Å². The van der Waals surface area contributed by atoms with Crippen LogP contribution in [0.1, 0.15) is 15.2 Å². The fourth-order valence-corrected chi connectivity index (χ4v) is 2.53. The Morgan fingerprint density at radius 2 is 1.95 bits per heavy atom. The minimum Gasteiger partial charge on any atom is -0.485 e. The van der Waals surface area contributed by atoms with Crippen LogP contribution in [0.25, 0.3) is 0 Å². The average Bonchev–Trinajstić information content (AvgIpc) is 3.10. The number of anilines is 1. The number of thiophene rings is 1. The first-order valence-corrected chi connectivity index (χ1v) is 7.67. The highest BCUT2D eigenvalue weighted by Gasteiger charge is 2.11. The molecule has 0 aliphatic heterocycles. The maximum absolute atomic E-state index is 12.1. The second-order valence-corrected chi connectivity index (χ2v) is 5.50. The molecule has 22 heavy (non-hydrogen) atoms. The van der Waals surface area contributed by atoms with Crippen LogP contribution in [0.15, 0.2) is 66.2 Å². The van der Waals surface area contributed by atoms with E-state index in [0.29, 0.717) is 23.1 Å². The molecule has 5 heteroatoms. The number of ether oxygens (including phenoxy) is 1. The third kappa shape index (κ3) is 3.51. The van der Waals surface area contributed by atoms with Gasteiger partial charge in [0, 0.05) is 6.20 Å². The maximum Gasteiger partial charge on any atom is 0.266 e. The molecule has 0 fully saturated rings. The van der Waals surface area contributed by atoms with Gasteiger partial charge in [0.05, 0.1) is 4.88 Å². The van der Waals surface area contributed by atoms with Gasteiger partial charge in [-0.15, -0.1) is 11.3 Å². The zero-order valence-corrected chi connectivity index (χ0v) is 12.5. The largest absolute Gasteiger partial charge is 0.485 e. The van der Waals surface area contributed by atoms with Crippen LogP contribution < -0.4 is 10.1 Å². The Bertz CT molecular complexity index is 742. The van der Waals surface area contributed by atoms with Gasteiger partial charge in [0.2, 0.25) is 0 Å². The summed E-state index contributed by atoms with van der Waals surface area (Å²) >= 11 is 1.39. The quantitative estimate of drug-likeness (QED) is 0.775. The Morgan fingerprint density at radius 3 is 2.73 bits per heavy atom. The lowest BCUT2D eigenvalue weighted by Gasteiger charge is -2.11. The number of nitrogens with one attached hydrogen (secondary N) is 1. The van der Waals surface area contributed by atoms with Crippen molar-refractivity contribution in [1.29, 1.82) is 0 Å². The van der Waals surface area contributed by atoms with E-state index in [0.717, 1.165) is 5.56 Å². The van der Waals surface area contributed by atoms with E-state index in [4.69, 9.17) is 4.74 Å². The lowest BCUT2D eigenvalue weighted by molar-refractivity contribution is 0.102. The van der Waals surface area contributed by atoms with Crippen LogP contribution in [0.4, 0.5) is 5.82 Å². The van der Waals surface area contributed by atoms with E-state index in [9.17, 15) is 4.79 Å². The molecule has 0 spiro atoms. The molecule has 1 amide bonds. The van der Waals surface area contributed by atoms with Crippen molar-refractivity contribution < 1.29 is 9.53 Å². The Morgan fingerprint density at radius 1 is 1.09 bits per heavy atom. The summed E-state index contributed by atoms with van der Waals surface area (Å²) in [6.45, 7) is 0.425. The summed E-state index contributed by atoms with van der Waals surface area (Å²) < 4.78 is 5.77. The fraction of sp³-hybridized carbons (Fsp3) is 0.0588. The number of aromatic nitrogens is 1. The van der Waals surface area contributed by atoms with Crippen LogP contribution in [-0.4, -0.2) is 10.9 Å². The highest BCUT2D eigenvalue weighted by Crippen LogP contribution is 2.23. The molecule has 0 bridgehead atoms. The number of benzene rings is 1. The molecule has 1 N–H and O–H groups in total. The number of pyridine rings is 1. The number of amides is 1. The Balaban J connectivity index is 1.71. The number of hydrogen-bond acceptors (Lipinski definition) is 4. The average molecular weight is 310 g/mol. The summed E-state index contributed by atoms with van der Waals surface area (Å²) in [5.41, 5.74) is 1.06. The van der Waals surface area contributed by atoms with E-state index in [-0.39, 0.29) is 5.91 Å². The van der Waals surface area contributed by atoms with E-state index in [2.05, 4.69) is 10.3 Å². The van der Waals surface area contributed by atoms with Crippen LogP contribution in [0.5, 0.6) is 5.75 Å². The second kappa shape index (κ2) is 6.87. The van der Waals surface area contributed by atoms with Gasteiger partial charge < -0.3 is 10.1 Å². The van der Waals surface area contributed by atoms with Gasteiger partial charge in [-0.1, -0.05) is 36.4 Å². The predicted octanol–water partition coefficient (Wildman–Crippen LogP) is 3.97. The molecular weight excluding hydrogens is 296 g/mol. The first-order valence-electron chi connectivity index (χ1n) is 6.79. The summed E-state index contributed by atoms with van der Waals surface area (Å²) in [5, 5.41) is 4.65. The number of rotatable bonds is 5. The molecule has 0 radical (unpaired) electrons. The van der Waals surface area contributed by atoms with Crippen molar-refractivity contribution in [1.82, 2.24) is 4.98 Å². The fourth-order valence-electron chi connectivity index (χ4n) is 1.91. The zero-order valence-electron chi connectivity index (χ0n) is 11.7. The van der Waals surface area contributed by atoms with Gasteiger partial charge in [0.15, 0.2) is 11.6 Å². The molecule has 0 aliphatic rings. The lowest BCUT2D eigenvalue weighted by atomic mass is 10.2. The lowest BCUT2D eigenvalue weighted by Crippen LogP contribution is -2.12. The third-order valence-electron chi connectivity index (χ3n) is 2.98. The molecule has 0 atom stereocenters. The van der Waals surface area contributed by atoms with Crippen LogP contribution in [0.3, 0.4) is 0 Å². The van der Waals surface area contributed by atoms with Crippen molar-refractivity contribution >= 4 is 23.1 Å². The van der Waals surface area contributed by atoms with E-state index >= 15 is 0 Å². The highest BCUT2D eigenvalue weighted by atomic mass is 32.1. The number of carbonyl (C=O) groups excluding carboxylic acids is 1. The summed E-state index contributed by atoms with van der Waals surface area (Å²) in [4.78, 5) is 16.9. The first kappa shape index (κ1) is 14.3. The summed E-state index contributed by atoms with van der Waals surface area (Å²) in [7, 11) is 0. The SMILES string of the molecule is O=C(Nc1ncccc1OCc1ccccc1)c1cccs1. The molecule has 0 saturated carbocycles. The van der Waals surface area contributed by atoms with Gasteiger partial charge in [-0.05, 0) is 29.1 Å². The molecule has 2 aromatic heterocycles. The second-order valence-electron chi connectivity index (χ2n) is 4.56. The van der Waals surface area contributed by atoms with Crippen molar-refractivity contribution in [3.05, 3.63) is 76.6 Å². The van der Waals surface area contributed by atoms with Gasteiger partial charge in [0.25, 0.3) is 5.91 Å². The van der Waals surface area contributed by atoms with Crippen LogP contribution in [0.2, 0.25) is 0 Å². The summed E-state index contributed by atoms with van der Waals surface area (Å²) in [6.07, 6.45) is 1.62. The molecule has 0 saturated heterocycles. The van der Waals surface area contributed by atoms with Crippen molar-refractivity contribution in [3.8, 4) is 5.75 Å². The van der Waals surface area contributed by atoms with E-state index < -0.39 is 0 Å². The molecular formula is C17H14N2O2S. The summed E-state index contributed by atoms with van der Waals surface area (Å²) in [6, 6.07) is 17.0. The topological polar surface area (TPSA) is 51.2 Å². The molecule has 3 rings (SSSR count). The molecule has 4 nitrogen and oxygen atoms in total. The zero-order chi connectivity index (χ0) is 15.2. The normalized spacial score (nSPS) is 10.2. The molecule has 110 valence electrons. The number of carbonyl (C=O) groups is 1. The van der Waals surface area contributed by atoms with E-state index in [1.807, 2.05) is 41.8 Å². The molecule has 0 unspecified atom stereocenters. The summed E-state index contributed by atoms with van der Waals surface area (Å²) in [5.74, 6) is 0.798. The Kier molecular flexibility index (Phi) is 4.46.